The lowest BCUT2D eigenvalue weighted by Gasteiger charge is -2.10. The Morgan fingerprint density at radius 2 is 1.64 bits per heavy atom. The van der Waals surface area contributed by atoms with Gasteiger partial charge in [-0.25, -0.2) is 0 Å². The Morgan fingerprint density at radius 3 is 2.32 bits per heavy atom. The smallest absolute Gasteiger partial charge is 0.165 e. The second-order valence-electron chi connectivity index (χ2n) is 6.45. The highest BCUT2D eigenvalue weighted by molar-refractivity contribution is 5.96. The molecule has 2 aromatic carbocycles. The van der Waals surface area contributed by atoms with E-state index in [0.717, 1.165) is 31.4 Å². The minimum Gasteiger partial charge on any atom is -0.497 e. The van der Waals surface area contributed by atoms with E-state index < -0.39 is 6.10 Å². The minimum atomic E-state index is -0.552. The molecule has 0 bridgehead atoms. The average molecular weight is 340 g/mol. The van der Waals surface area contributed by atoms with Crippen LogP contribution < -0.4 is 4.74 Å². The fraction of sp³-hybridized carbons (Fsp3) is 0.409. The molecule has 3 heteroatoms. The van der Waals surface area contributed by atoms with Crippen molar-refractivity contribution in [3.05, 3.63) is 65.7 Å². The number of carbonyl (C=O) groups excluding carboxylic acids is 1. The molecule has 0 aliphatic carbocycles. The first-order valence-corrected chi connectivity index (χ1v) is 9.08. The second kappa shape index (κ2) is 10.7. The summed E-state index contributed by atoms with van der Waals surface area (Å²) in [6.45, 7) is 0. The van der Waals surface area contributed by atoms with Gasteiger partial charge in [-0.3, -0.25) is 4.79 Å². The third-order valence-corrected chi connectivity index (χ3v) is 4.43. The van der Waals surface area contributed by atoms with Crippen molar-refractivity contribution >= 4 is 5.78 Å². The standard InChI is InChI=1S/C22H28O3/c1-25-21-15-13-19(14-16-21)22(24)17-20(23)12-8-3-2-5-9-18-10-6-4-7-11-18/h4,6-7,10-11,13-16,20,23H,2-3,5,8-9,12,17H2,1H3. The topological polar surface area (TPSA) is 46.5 Å². The van der Waals surface area contributed by atoms with Crippen molar-refractivity contribution in [3.63, 3.8) is 0 Å². The van der Waals surface area contributed by atoms with Gasteiger partial charge in [-0.2, -0.15) is 0 Å². The number of benzene rings is 2. The Hall–Kier alpha value is -2.13. The van der Waals surface area contributed by atoms with E-state index in [1.54, 1.807) is 31.4 Å². The Kier molecular flexibility index (Phi) is 8.20. The molecular formula is C22H28O3. The molecular weight excluding hydrogens is 312 g/mol. The van der Waals surface area contributed by atoms with E-state index in [4.69, 9.17) is 4.74 Å². The Labute approximate surface area is 150 Å². The highest BCUT2D eigenvalue weighted by Crippen LogP contribution is 2.16. The molecule has 0 spiro atoms. The number of hydrogen-bond donors (Lipinski definition) is 1. The van der Waals surface area contributed by atoms with Crippen molar-refractivity contribution in [2.75, 3.05) is 7.11 Å². The maximum atomic E-state index is 12.1. The van der Waals surface area contributed by atoms with E-state index in [0.29, 0.717) is 12.0 Å². The normalized spacial score (nSPS) is 11.9. The van der Waals surface area contributed by atoms with Gasteiger partial charge in [0.05, 0.1) is 13.2 Å². The van der Waals surface area contributed by atoms with Crippen LogP contribution in [0.1, 0.15) is 54.4 Å². The van der Waals surface area contributed by atoms with Gasteiger partial charge in [0.1, 0.15) is 5.75 Å². The summed E-state index contributed by atoms with van der Waals surface area (Å²) in [5.41, 5.74) is 2.01. The minimum absolute atomic E-state index is 0.0146. The number of aliphatic hydroxyl groups is 1. The molecule has 0 amide bonds. The molecule has 0 radical (unpaired) electrons. The monoisotopic (exact) mass is 340 g/mol. The van der Waals surface area contributed by atoms with Gasteiger partial charge in [-0.05, 0) is 49.1 Å². The molecule has 2 aromatic rings. The summed E-state index contributed by atoms with van der Waals surface area (Å²) in [7, 11) is 1.60. The fourth-order valence-corrected chi connectivity index (χ4v) is 2.92. The van der Waals surface area contributed by atoms with Crippen molar-refractivity contribution in [2.24, 2.45) is 0 Å². The summed E-state index contributed by atoms with van der Waals surface area (Å²) in [4.78, 5) is 12.1. The van der Waals surface area contributed by atoms with Crippen LogP contribution >= 0.6 is 0 Å². The SMILES string of the molecule is COc1ccc(C(=O)CC(O)CCCCCCc2ccccc2)cc1. The van der Waals surface area contributed by atoms with E-state index in [9.17, 15) is 9.90 Å². The molecule has 0 aliphatic rings. The lowest BCUT2D eigenvalue weighted by molar-refractivity contribution is 0.0864. The Morgan fingerprint density at radius 1 is 0.960 bits per heavy atom. The number of Topliss-reactive ketones (excluding diaryl/α,β-unsaturated/α-hetero) is 1. The molecule has 0 saturated heterocycles. The summed E-state index contributed by atoms with van der Waals surface area (Å²) >= 11 is 0. The molecule has 0 heterocycles. The summed E-state index contributed by atoms with van der Waals surface area (Å²) in [6.07, 6.45) is 5.83. The van der Waals surface area contributed by atoms with Crippen LogP contribution in [0.3, 0.4) is 0 Å². The zero-order valence-electron chi connectivity index (χ0n) is 15.0. The lowest BCUT2D eigenvalue weighted by Crippen LogP contribution is -2.13. The lowest BCUT2D eigenvalue weighted by atomic mass is 10.00. The fourth-order valence-electron chi connectivity index (χ4n) is 2.92. The quantitative estimate of drug-likeness (QED) is 0.471. The van der Waals surface area contributed by atoms with Gasteiger partial charge in [0.2, 0.25) is 0 Å². The number of rotatable bonds is 11. The molecule has 0 fully saturated rings. The molecule has 134 valence electrons. The Bertz CT molecular complexity index is 619. The van der Waals surface area contributed by atoms with Crippen molar-refractivity contribution in [3.8, 4) is 5.75 Å². The average Bonchev–Trinajstić information content (AvgIpc) is 2.65. The summed E-state index contributed by atoms with van der Waals surface area (Å²) in [5.74, 6) is 0.715. The number of unbranched alkanes of at least 4 members (excludes halogenated alkanes) is 3. The van der Waals surface area contributed by atoms with Gasteiger partial charge in [-0.15, -0.1) is 0 Å². The summed E-state index contributed by atoms with van der Waals surface area (Å²) in [5, 5.41) is 10.1. The van der Waals surface area contributed by atoms with Gasteiger partial charge in [-0.1, -0.05) is 49.6 Å². The molecule has 0 saturated carbocycles. The van der Waals surface area contributed by atoms with Gasteiger partial charge in [0.25, 0.3) is 0 Å². The number of methoxy groups -OCH3 is 1. The van der Waals surface area contributed by atoms with Crippen molar-refractivity contribution in [2.45, 2.75) is 51.0 Å². The molecule has 0 aromatic heterocycles. The predicted molar refractivity (Wildman–Crippen MR) is 101 cm³/mol. The van der Waals surface area contributed by atoms with Crippen LogP contribution in [0.25, 0.3) is 0 Å². The van der Waals surface area contributed by atoms with Gasteiger partial charge in [0, 0.05) is 12.0 Å². The number of aryl methyl sites for hydroxylation is 1. The van der Waals surface area contributed by atoms with Crippen LogP contribution in [-0.4, -0.2) is 24.1 Å². The maximum absolute atomic E-state index is 12.1. The van der Waals surface area contributed by atoms with Crippen LogP contribution in [0, 0.1) is 0 Å². The van der Waals surface area contributed by atoms with E-state index in [1.807, 2.05) is 6.07 Å². The van der Waals surface area contributed by atoms with Crippen molar-refractivity contribution in [1.29, 1.82) is 0 Å². The zero-order chi connectivity index (χ0) is 17.9. The molecule has 1 atom stereocenters. The first-order chi connectivity index (χ1) is 12.2. The van der Waals surface area contributed by atoms with Crippen molar-refractivity contribution in [1.82, 2.24) is 0 Å². The number of ketones is 1. The van der Waals surface area contributed by atoms with Gasteiger partial charge in [0.15, 0.2) is 5.78 Å². The number of carbonyl (C=O) groups is 1. The van der Waals surface area contributed by atoms with Crippen LogP contribution in [0.5, 0.6) is 5.75 Å². The van der Waals surface area contributed by atoms with Gasteiger partial charge >= 0.3 is 0 Å². The first kappa shape index (κ1) is 19.2. The summed E-state index contributed by atoms with van der Waals surface area (Å²) in [6, 6.07) is 17.5. The molecule has 3 nitrogen and oxygen atoms in total. The Balaban J connectivity index is 1.58. The first-order valence-electron chi connectivity index (χ1n) is 9.08. The van der Waals surface area contributed by atoms with Crippen LogP contribution in [-0.2, 0) is 6.42 Å². The summed E-state index contributed by atoms with van der Waals surface area (Å²) < 4.78 is 5.08. The molecule has 2 rings (SSSR count). The zero-order valence-corrected chi connectivity index (χ0v) is 15.0. The van der Waals surface area contributed by atoms with Gasteiger partial charge < -0.3 is 9.84 Å². The predicted octanol–water partition coefficient (Wildman–Crippen LogP) is 4.82. The highest BCUT2D eigenvalue weighted by Gasteiger charge is 2.12. The van der Waals surface area contributed by atoms with Crippen LogP contribution in [0.15, 0.2) is 54.6 Å². The largest absolute Gasteiger partial charge is 0.497 e. The molecule has 1 N–H and O–H groups in total. The molecule has 25 heavy (non-hydrogen) atoms. The van der Waals surface area contributed by atoms with E-state index in [2.05, 4.69) is 24.3 Å². The van der Waals surface area contributed by atoms with E-state index in [-0.39, 0.29) is 12.2 Å². The van der Waals surface area contributed by atoms with Crippen LogP contribution in [0.2, 0.25) is 0 Å². The molecule has 0 aliphatic heterocycles. The molecule has 1 unspecified atom stereocenters. The van der Waals surface area contributed by atoms with E-state index in [1.165, 1.54) is 12.0 Å². The number of aliphatic hydroxyl groups excluding tert-OH is 1. The number of ether oxygens (including phenoxy) is 1. The second-order valence-corrected chi connectivity index (χ2v) is 6.45. The number of hydrogen-bond acceptors (Lipinski definition) is 3. The van der Waals surface area contributed by atoms with Crippen molar-refractivity contribution < 1.29 is 14.6 Å². The third-order valence-electron chi connectivity index (χ3n) is 4.43. The maximum Gasteiger partial charge on any atom is 0.165 e. The van der Waals surface area contributed by atoms with E-state index >= 15 is 0 Å². The highest BCUT2D eigenvalue weighted by atomic mass is 16.5. The third kappa shape index (κ3) is 7.10. The van der Waals surface area contributed by atoms with Crippen LogP contribution in [0.4, 0.5) is 0 Å².